The number of carbonyl (C=O) groups excluding carboxylic acids is 2. The van der Waals surface area contributed by atoms with Crippen LogP contribution in [0.15, 0.2) is 36.4 Å². The molecule has 134 valence electrons. The number of aromatic nitrogens is 2. The highest BCUT2D eigenvalue weighted by molar-refractivity contribution is 6.40. The summed E-state index contributed by atoms with van der Waals surface area (Å²) in [6.07, 6.45) is 0. The number of hydrogen-bond donors (Lipinski definition) is 2. The van der Waals surface area contributed by atoms with Crippen molar-refractivity contribution in [3.63, 3.8) is 0 Å². The molecule has 3 aromatic rings. The average Bonchev–Trinajstić information content (AvgIpc) is 2.93. The summed E-state index contributed by atoms with van der Waals surface area (Å²) < 4.78 is 1.62. The normalized spacial score (nSPS) is 10.9. The number of ketones is 1. The summed E-state index contributed by atoms with van der Waals surface area (Å²) in [7, 11) is 0. The maximum atomic E-state index is 12.6. The summed E-state index contributed by atoms with van der Waals surface area (Å²) in [6, 6.07) is 9.98. The van der Waals surface area contributed by atoms with Gasteiger partial charge >= 0.3 is 0 Å². The number of anilines is 1. The fraction of sp³-hybridized carbons (Fsp3) is 0.167. The molecule has 2 N–H and O–H groups in total. The number of aliphatic hydroxyl groups excluding tert-OH is 1. The predicted octanol–water partition coefficient (Wildman–Crippen LogP) is 3.68. The fourth-order valence-corrected chi connectivity index (χ4v) is 3.28. The van der Waals surface area contributed by atoms with Crippen molar-refractivity contribution in [1.29, 1.82) is 0 Å². The lowest BCUT2D eigenvalue weighted by atomic mass is 10.2. The van der Waals surface area contributed by atoms with Crippen LogP contribution in [0.25, 0.3) is 11.0 Å². The fourth-order valence-electron chi connectivity index (χ4n) is 2.72. The SMILES string of the molecule is CC(=O)Cn1c(CO)nc2c(NC(=O)c3c(Cl)cccc3Cl)cccc21. The van der Waals surface area contributed by atoms with Crippen molar-refractivity contribution < 1.29 is 14.7 Å². The summed E-state index contributed by atoms with van der Waals surface area (Å²) in [5.41, 5.74) is 1.69. The van der Waals surface area contributed by atoms with Gasteiger partial charge < -0.3 is 15.0 Å². The molecular formula is C18H15Cl2N3O3. The van der Waals surface area contributed by atoms with Crippen molar-refractivity contribution in [1.82, 2.24) is 9.55 Å². The summed E-state index contributed by atoms with van der Waals surface area (Å²) in [5.74, 6) is -0.205. The highest BCUT2D eigenvalue weighted by Gasteiger charge is 2.18. The Bertz CT molecular complexity index is 994. The zero-order valence-corrected chi connectivity index (χ0v) is 15.3. The summed E-state index contributed by atoms with van der Waals surface area (Å²) in [6.45, 7) is 1.21. The topological polar surface area (TPSA) is 84.2 Å². The number of carbonyl (C=O) groups is 2. The third kappa shape index (κ3) is 3.44. The van der Waals surface area contributed by atoms with E-state index < -0.39 is 5.91 Å². The number of benzene rings is 2. The van der Waals surface area contributed by atoms with Crippen molar-refractivity contribution >= 4 is 51.6 Å². The molecule has 0 bridgehead atoms. The Labute approximate surface area is 159 Å². The highest BCUT2D eigenvalue weighted by atomic mass is 35.5. The molecule has 0 aliphatic carbocycles. The van der Waals surface area contributed by atoms with Crippen LogP contribution in [0.3, 0.4) is 0 Å². The number of nitrogens with zero attached hydrogens (tertiary/aromatic N) is 2. The maximum absolute atomic E-state index is 12.6. The van der Waals surface area contributed by atoms with Crippen LogP contribution in [0, 0.1) is 0 Å². The van der Waals surface area contributed by atoms with E-state index in [2.05, 4.69) is 10.3 Å². The van der Waals surface area contributed by atoms with Crippen LogP contribution >= 0.6 is 23.2 Å². The molecule has 0 atom stereocenters. The van der Waals surface area contributed by atoms with Crippen LogP contribution in [-0.4, -0.2) is 26.3 Å². The van der Waals surface area contributed by atoms with Crippen molar-refractivity contribution in [3.05, 3.63) is 57.8 Å². The number of hydrogen-bond acceptors (Lipinski definition) is 4. The average molecular weight is 392 g/mol. The van der Waals surface area contributed by atoms with Gasteiger partial charge in [0.15, 0.2) is 0 Å². The molecule has 3 rings (SSSR count). The minimum atomic E-state index is -0.472. The van der Waals surface area contributed by atoms with Crippen LogP contribution < -0.4 is 5.32 Å². The first-order valence-corrected chi connectivity index (χ1v) is 8.51. The van der Waals surface area contributed by atoms with Crippen LogP contribution in [0.2, 0.25) is 10.0 Å². The smallest absolute Gasteiger partial charge is 0.258 e. The third-order valence-corrected chi connectivity index (χ3v) is 4.45. The monoisotopic (exact) mass is 391 g/mol. The summed E-state index contributed by atoms with van der Waals surface area (Å²) in [4.78, 5) is 28.5. The molecule has 0 fully saturated rings. The zero-order chi connectivity index (χ0) is 18.8. The Morgan fingerprint density at radius 3 is 2.42 bits per heavy atom. The lowest BCUT2D eigenvalue weighted by Crippen LogP contribution is -2.13. The summed E-state index contributed by atoms with van der Waals surface area (Å²) in [5, 5.41) is 12.8. The lowest BCUT2D eigenvalue weighted by molar-refractivity contribution is -0.117. The van der Waals surface area contributed by atoms with Crippen molar-refractivity contribution in [2.45, 2.75) is 20.1 Å². The van der Waals surface area contributed by atoms with Gasteiger partial charge in [-0.15, -0.1) is 0 Å². The van der Waals surface area contributed by atoms with E-state index in [9.17, 15) is 14.7 Å². The number of halogens is 2. The second-order valence-corrected chi connectivity index (χ2v) is 6.51. The molecule has 8 heteroatoms. The van der Waals surface area contributed by atoms with Crippen LogP contribution in [0.5, 0.6) is 0 Å². The molecule has 0 saturated carbocycles. The number of para-hydroxylation sites is 1. The van der Waals surface area contributed by atoms with Gasteiger partial charge in [-0.3, -0.25) is 9.59 Å². The van der Waals surface area contributed by atoms with E-state index >= 15 is 0 Å². The first-order chi connectivity index (χ1) is 12.4. The standard InChI is InChI=1S/C18H15Cl2N3O3/c1-10(25)8-23-14-7-3-6-13(17(14)22-15(23)9-24)21-18(26)16-11(19)4-2-5-12(16)20/h2-7,24H,8-9H2,1H3,(H,21,26). The van der Waals surface area contributed by atoms with Gasteiger partial charge in [0, 0.05) is 0 Å². The predicted molar refractivity (Wildman–Crippen MR) is 101 cm³/mol. The number of nitrogens with one attached hydrogen (secondary N) is 1. The maximum Gasteiger partial charge on any atom is 0.258 e. The van der Waals surface area contributed by atoms with Gasteiger partial charge in [0.25, 0.3) is 5.91 Å². The Kier molecular flexibility index (Phi) is 5.27. The van der Waals surface area contributed by atoms with Gasteiger partial charge in [-0.25, -0.2) is 4.98 Å². The van der Waals surface area contributed by atoms with Gasteiger partial charge in [-0.2, -0.15) is 0 Å². The number of imidazole rings is 1. The van der Waals surface area contributed by atoms with E-state index in [0.29, 0.717) is 22.5 Å². The van der Waals surface area contributed by atoms with E-state index in [1.54, 1.807) is 41.0 Å². The molecule has 1 aromatic heterocycles. The van der Waals surface area contributed by atoms with E-state index in [4.69, 9.17) is 23.2 Å². The molecule has 1 heterocycles. The lowest BCUT2D eigenvalue weighted by Gasteiger charge is -2.09. The Balaban J connectivity index is 2.05. The van der Waals surface area contributed by atoms with Crippen LogP contribution in [-0.2, 0) is 17.9 Å². The second kappa shape index (κ2) is 7.45. The van der Waals surface area contributed by atoms with Crippen molar-refractivity contribution in [3.8, 4) is 0 Å². The first kappa shape index (κ1) is 18.4. The molecule has 0 spiro atoms. The molecule has 26 heavy (non-hydrogen) atoms. The van der Waals surface area contributed by atoms with Crippen molar-refractivity contribution in [2.24, 2.45) is 0 Å². The minimum absolute atomic E-state index is 0.0729. The largest absolute Gasteiger partial charge is 0.388 e. The van der Waals surface area contributed by atoms with Crippen LogP contribution in [0.4, 0.5) is 5.69 Å². The quantitative estimate of drug-likeness (QED) is 0.694. The van der Waals surface area contributed by atoms with E-state index in [-0.39, 0.29) is 34.5 Å². The van der Waals surface area contributed by atoms with Gasteiger partial charge in [0.05, 0.1) is 33.4 Å². The Morgan fingerprint density at radius 1 is 1.15 bits per heavy atom. The van der Waals surface area contributed by atoms with Gasteiger partial charge in [-0.1, -0.05) is 35.3 Å². The third-order valence-electron chi connectivity index (χ3n) is 3.82. The second-order valence-electron chi connectivity index (χ2n) is 5.70. The number of rotatable bonds is 5. The minimum Gasteiger partial charge on any atom is -0.388 e. The van der Waals surface area contributed by atoms with Gasteiger partial charge in [0.2, 0.25) is 0 Å². The number of aliphatic hydroxyl groups is 1. The molecule has 0 radical (unpaired) electrons. The molecule has 6 nitrogen and oxygen atoms in total. The molecule has 0 saturated heterocycles. The first-order valence-electron chi connectivity index (χ1n) is 7.76. The Morgan fingerprint density at radius 2 is 1.81 bits per heavy atom. The molecule has 0 aliphatic heterocycles. The number of amides is 1. The number of fused-ring (bicyclic) bond motifs is 1. The molecule has 1 amide bonds. The van der Waals surface area contributed by atoms with E-state index in [1.807, 2.05) is 0 Å². The molecular weight excluding hydrogens is 377 g/mol. The van der Waals surface area contributed by atoms with E-state index in [1.165, 1.54) is 6.92 Å². The molecule has 0 aliphatic rings. The van der Waals surface area contributed by atoms with Gasteiger partial charge in [0.1, 0.15) is 23.7 Å². The molecule has 2 aromatic carbocycles. The molecule has 0 unspecified atom stereocenters. The van der Waals surface area contributed by atoms with Crippen LogP contribution in [0.1, 0.15) is 23.1 Å². The zero-order valence-electron chi connectivity index (χ0n) is 13.8. The van der Waals surface area contributed by atoms with Crippen molar-refractivity contribution in [2.75, 3.05) is 5.32 Å². The summed E-state index contributed by atoms with van der Waals surface area (Å²) >= 11 is 12.2. The number of Topliss-reactive ketones (excluding diaryl/α,β-unsaturated/α-hetero) is 1. The highest BCUT2D eigenvalue weighted by Crippen LogP contribution is 2.28. The van der Waals surface area contributed by atoms with E-state index in [0.717, 1.165) is 0 Å². The van der Waals surface area contributed by atoms with Gasteiger partial charge in [-0.05, 0) is 31.2 Å². The Hall–Kier alpha value is -2.41.